The van der Waals surface area contributed by atoms with Crippen molar-refractivity contribution in [3.63, 3.8) is 0 Å². The fourth-order valence-electron chi connectivity index (χ4n) is 3.63. The Morgan fingerprint density at radius 2 is 1.93 bits per heavy atom. The molecule has 1 amide bonds. The van der Waals surface area contributed by atoms with Crippen LogP contribution in [0.3, 0.4) is 0 Å². The lowest BCUT2D eigenvalue weighted by molar-refractivity contribution is -0.119. The van der Waals surface area contributed by atoms with E-state index in [0.717, 1.165) is 35.5 Å². The quantitative estimate of drug-likeness (QED) is 0.560. The number of benzene rings is 2. The maximum Gasteiger partial charge on any atom is 0.230 e. The van der Waals surface area contributed by atoms with E-state index in [2.05, 4.69) is 34.6 Å². The van der Waals surface area contributed by atoms with Gasteiger partial charge in [0.15, 0.2) is 11.0 Å². The topological polar surface area (TPSA) is 59.8 Å². The van der Waals surface area contributed by atoms with Crippen molar-refractivity contribution in [2.24, 2.45) is 0 Å². The first kappa shape index (κ1) is 20.0. The minimum absolute atomic E-state index is 0.0460. The van der Waals surface area contributed by atoms with Crippen molar-refractivity contribution in [2.45, 2.75) is 43.8 Å². The van der Waals surface area contributed by atoms with Gasteiger partial charge in [-0.1, -0.05) is 60.0 Å². The predicted molar refractivity (Wildman–Crippen MR) is 118 cm³/mol. The average molecular weight is 427 g/mol. The Balaban J connectivity index is 1.61. The number of hydrogen-bond acceptors (Lipinski definition) is 4. The van der Waals surface area contributed by atoms with Gasteiger partial charge in [0.05, 0.1) is 5.75 Å². The second kappa shape index (κ2) is 9.01. The van der Waals surface area contributed by atoms with E-state index >= 15 is 0 Å². The zero-order chi connectivity index (χ0) is 20.2. The number of nitrogens with one attached hydrogen (secondary N) is 1. The summed E-state index contributed by atoms with van der Waals surface area (Å²) in [5.41, 5.74) is 3.04. The third-order valence-corrected chi connectivity index (χ3v) is 6.23. The zero-order valence-corrected chi connectivity index (χ0v) is 17.8. The number of carbonyl (C=O) groups is 1. The van der Waals surface area contributed by atoms with E-state index < -0.39 is 0 Å². The molecule has 4 rings (SSSR count). The van der Waals surface area contributed by atoms with Crippen molar-refractivity contribution < 1.29 is 4.79 Å². The first-order valence-corrected chi connectivity index (χ1v) is 11.2. The maximum atomic E-state index is 12.4. The summed E-state index contributed by atoms with van der Waals surface area (Å²) >= 11 is 7.48. The van der Waals surface area contributed by atoms with Crippen LogP contribution < -0.4 is 5.32 Å². The van der Waals surface area contributed by atoms with E-state index in [1.54, 1.807) is 0 Å². The third kappa shape index (κ3) is 4.82. The highest BCUT2D eigenvalue weighted by Gasteiger charge is 2.20. The van der Waals surface area contributed by atoms with Crippen molar-refractivity contribution in [3.8, 4) is 17.1 Å². The van der Waals surface area contributed by atoms with Crippen LogP contribution in [-0.4, -0.2) is 32.5 Å². The van der Waals surface area contributed by atoms with Gasteiger partial charge in [0, 0.05) is 22.3 Å². The van der Waals surface area contributed by atoms with Gasteiger partial charge in [-0.05, 0) is 50.1 Å². The van der Waals surface area contributed by atoms with Crippen LogP contribution in [0.25, 0.3) is 17.1 Å². The minimum atomic E-state index is 0.0460. The second-order valence-corrected chi connectivity index (χ2v) is 8.70. The van der Waals surface area contributed by atoms with Gasteiger partial charge in [0.2, 0.25) is 5.91 Å². The van der Waals surface area contributed by atoms with Crippen molar-refractivity contribution in [1.29, 1.82) is 0 Å². The Morgan fingerprint density at radius 1 is 1.17 bits per heavy atom. The van der Waals surface area contributed by atoms with Gasteiger partial charge in [-0.3, -0.25) is 9.36 Å². The van der Waals surface area contributed by atoms with Crippen molar-refractivity contribution in [2.75, 3.05) is 5.75 Å². The summed E-state index contributed by atoms with van der Waals surface area (Å²) in [7, 11) is 0. The van der Waals surface area contributed by atoms with Gasteiger partial charge >= 0.3 is 0 Å². The second-order valence-electron chi connectivity index (χ2n) is 7.33. The van der Waals surface area contributed by atoms with Crippen LogP contribution >= 0.6 is 23.4 Å². The molecule has 1 aromatic heterocycles. The third-order valence-electron chi connectivity index (χ3n) is 5.05. The molecule has 1 N–H and O–H groups in total. The van der Waals surface area contributed by atoms with Crippen molar-refractivity contribution in [3.05, 3.63) is 59.1 Å². The molecule has 3 aromatic rings. The molecule has 0 radical (unpaired) electrons. The summed E-state index contributed by atoms with van der Waals surface area (Å²) in [5.74, 6) is 1.11. The van der Waals surface area contributed by atoms with E-state index in [9.17, 15) is 4.79 Å². The molecule has 1 aliphatic rings. The van der Waals surface area contributed by atoms with E-state index in [0.29, 0.717) is 22.0 Å². The molecule has 150 valence electrons. The molecular formula is C22H23ClN4OS. The number of halogens is 1. The number of carbonyl (C=O) groups excluding carboxylic acids is 1. The highest BCUT2D eigenvalue weighted by Crippen LogP contribution is 2.29. The number of amides is 1. The van der Waals surface area contributed by atoms with Gasteiger partial charge in [0.1, 0.15) is 0 Å². The van der Waals surface area contributed by atoms with Crippen molar-refractivity contribution in [1.82, 2.24) is 20.1 Å². The number of aryl methyl sites for hydroxylation is 1. The van der Waals surface area contributed by atoms with Crippen LogP contribution in [0.1, 0.15) is 31.2 Å². The largest absolute Gasteiger partial charge is 0.353 e. The summed E-state index contributed by atoms with van der Waals surface area (Å²) in [6.07, 6.45) is 4.55. The molecule has 29 heavy (non-hydrogen) atoms. The lowest BCUT2D eigenvalue weighted by atomic mass is 10.1. The summed E-state index contributed by atoms with van der Waals surface area (Å²) in [6.45, 7) is 2.05. The number of aromatic nitrogens is 3. The van der Waals surface area contributed by atoms with E-state index in [1.165, 1.54) is 24.6 Å². The normalized spacial score (nSPS) is 14.3. The minimum Gasteiger partial charge on any atom is -0.353 e. The first-order chi connectivity index (χ1) is 14.1. The Hall–Kier alpha value is -2.31. The lowest BCUT2D eigenvalue weighted by Gasteiger charge is -2.13. The highest BCUT2D eigenvalue weighted by molar-refractivity contribution is 7.99. The molecule has 0 bridgehead atoms. The Labute approximate surface area is 179 Å². The molecule has 1 heterocycles. The molecule has 0 saturated heterocycles. The van der Waals surface area contributed by atoms with Gasteiger partial charge in [-0.15, -0.1) is 10.2 Å². The smallest absolute Gasteiger partial charge is 0.230 e. The lowest BCUT2D eigenvalue weighted by Crippen LogP contribution is -2.33. The van der Waals surface area contributed by atoms with Crippen LogP contribution in [0.4, 0.5) is 0 Å². The molecule has 5 nitrogen and oxygen atoms in total. The highest BCUT2D eigenvalue weighted by atomic mass is 35.5. The standard InChI is InChI=1S/C22H23ClN4OS/c1-15-5-4-6-16(13-15)21-25-26-22(27(21)19-11-9-17(23)10-12-19)29-14-20(28)24-18-7-2-3-8-18/h4-6,9-13,18H,2-3,7-8,14H2,1H3,(H,24,28). The molecule has 0 spiro atoms. The van der Waals surface area contributed by atoms with Crippen molar-refractivity contribution >= 4 is 29.3 Å². The van der Waals surface area contributed by atoms with Gasteiger partial charge in [-0.25, -0.2) is 0 Å². The van der Waals surface area contributed by atoms with Crippen LogP contribution in [0.2, 0.25) is 5.02 Å². The Morgan fingerprint density at radius 3 is 2.66 bits per heavy atom. The SMILES string of the molecule is Cc1cccc(-c2nnc(SCC(=O)NC3CCCC3)n2-c2ccc(Cl)cc2)c1. The summed E-state index contributed by atoms with van der Waals surface area (Å²) in [6, 6.07) is 16.0. The zero-order valence-electron chi connectivity index (χ0n) is 16.3. The molecule has 0 atom stereocenters. The van der Waals surface area contributed by atoms with Gasteiger partial charge < -0.3 is 5.32 Å². The predicted octanol–water partition coefficient (Wildman–Crippen LogP) is 5.05. The van der Waals surface area contributed by atoms with Gasteiger partial charge in [-0.2, -0.15) is 0 Å². The molecule has 0 unspecified atom stereocenters. The van der Waals surface area contributed by atoms with Crippen LogP contribution in [0.15, 0.2) is 53.7 Å². The van der Waals surface area contributed by atoms with Crippen LogP contribution in [0, 0.1) is 6.92 Å². The summed E-state index contributed by atoms with van der Waals surface area (Å²) in [4.78, 5) is 12.4. The molecule has 1 fully saturated rings. The summed E-state index contributed by atoms with van der Waals surface area (Å²) in [5, 5.41) is 13.3. The number of thioether (sulfide) groups is 1. The molecule has 7 heteroatoms. The monoisotopic (exact) mass is 426 g/mol. The Bertz CT molecular complexity index is 996. The number of nitrogens with zero attached hydrogens (tertiary/aromatic N) is 3. The molecule has 1 aliphatic carbocycles. The first-order valence-electron chi connectivity index (χ1n) is 9.81. The van der Waals surface area contributed by atoms with E-state index in [1.807, 2.05) is 41.0 Å². The fraction of sp³-hybridized carbons (Fsp3) is 0.318. The van der Waals surface area contributed by atoms with Crippen LogP contribution in [-0.2, 0) is 4.79 Å². The van der Waals surface area contributed by atoms with E-state index in [-0.39, 0.29) is 5.91 Å². The fourth-order valence-corrected chi connectivity index (χ4v) is 4.52. The van der Waals surface area contributed by atoms with E-state index in [4.69, 9.17) is 11.6 Å². The average Bonchev–Trinajstić information content (AvgIpc) is 3.37. The summed E-state index contributed by atoms with van der Waals surface area (Å²) < 4.78 is 1.98. The molecule has 0 aliphatic heterocycles. The van der Waals surface area contributed by atoms with Gasteiger partial charge in [0.25, 0.3) is 0 Å². The number of rotatable bonds is 6. The molecule has 1 saturated carbocycles. The molecule has 2 aromatic carbocycles. The van der Waals surface area contributed by atoms with Crippen LogP contribution in [0.5, 0.6) is 0 Å². The molecular weight excluding hydrogens is 404 g/mol. The number of hydrogen-bond donors (Lipinski definition) is 1. The Kier molecular flexibility index (Phi) is 6.21. The maximum absolute atomic E-state index is 12.4.